The predicted octanol–water partition coefficient (Wildman–Crippen LogP) is 2.33. The minimum absolute atomic E-state index is 0.00388. The Kier molecular flexibility index (Phi) is 3.94. The van der Waals surface area contributed by atoms with Crippen LogP contribution in [0.15, 0.2) is 27.7 Å². The topological polar surface area (TPSA) is 77.2 Å². The van der Waals surface area contributed by atoms with Crippen LogP contribution in [0, 0.1) is 5.41 Å². The lowest BCUT2D eigenvalue weighted by Crippen LogP contribution is -2.58. The van der Waals surface area contributed by atoms with E-state index >= 15 is 0 Å². The number of benzene rings is 1. The van der Waals surface area contributed by atoms with E-state index in [2.05, 4.69) is 34.1 Å². The largest absolute Gasteiger partial charge is 0.381 e. The molecule has 2 fully saturated rings. The SMILES string of the molecule is COC1CCC2(CC1)Cc1ccc(Br)cc1C21N=C(N)N(C2COC2)C1=O. The smallest absolute Gasteiger partial charge is 0.262 e. The van der Waals surface area contributed by atoms with Crippen molar-refractivity contribution >= 4 is 27.8 Å². The predicted molar refractivity (Wildman–Crippen MR) is 104 cm³/mol. The van der Waals surface area contributed by atoms with Gasteiger partial charge >= 0.3 is 0 Å². The van der Waals surface area contributed by atoms with Gasteiger partial charge in [-0.1, -0.05) is 22.0 Å². The number of hydrogen-bond acceptors (Lipinski definition) is 5. The van der Waals surface area contributed by atoms with Crippen molar-refractivity contribution in [3.05, 3.63) is 33.8 Å². The first-order valence-electron chi connectivity index (χ1n) is 9.59. The Bertz CT molecular complexity index is 830. The quantitative estimate of drug-likeness (QED) is 0.776. The van der Waals surface area contributed by atoms with Gasteiger partial charge in [0.1, 0.15) is 0 Å². The van der Waals surface area contributed by atoms with Gasteiger partial charge in [-0.2, -0.15) is 0 Å². The molecule has 1 atom stereocenters. The summed E-state index contributed by atoms with van der Waals surface area (Å²) in [6.07, 6.45) is 4.84. The summed E-state index contributed by atoms with van der Waals surface area (Å²) >= 11 is 3.59. The number of nitrogens with two attached hydrogens (primary N) is 1. The minimum Gasteiger partial charge on any atom is -0.381 e. The summed E-state index contributed by atoms with van der Waals surface area (Å²) in [5.74, 6) is 0.371. The van der Waals surface area contributed by atoms with Crippen LogP contribution in [0.25, 0.3) is 0 Å². The van der Waals surface area contributed by atoms with E-state index in [9.17, 15) is 4.79 Å². The van der Waals surface area contributed by atoms with Gasteiger partial charge in [-0.15, -0.1) is 0 Å². The lowest BCUT2D eigenvalue weighted by Gasteiger charge is -2.46. The Morgan fingerprint density at radius 2 is 2.07 bits per heavy atom. The first-order valence-corrected chi connectivity index (χ1v) is 10.4. The van der Waals surface area contributed by atoms with E-state index in [4.69, 9.17) is 20.2 Å². The van der Waals surface area contributed by atoms with Crippen LogP contribution in [0.4, 0.5) is 0 Å². The number of guanidine groups is 1. The molecule has 7 heteroatoms. The number of ether oxygens (including phenoxy) is 2. The Morgan fingerprint density at radius 1 is 1.33 bits per heavy atom. The highest BCUT2D eigenvalue weighted by Gasteiger charge is 2.67. The van der Waals surface area contributed by atoms with Crippen molar-refractivity contribution in [2.45, 2.75) is 49.8 Å². The van der Waals surface area contributed by atoms with Gasteiger partial charge in [0.05, 0.1) is 25.4 Å². The van der Waals surface area contributed by atoms with E-state index in [0.29, 0.717) is 19.2 Å². The van der Waals surface area contributed by atoms with Gasteiger partial charge in [0.2, 0.25) is 0 Å². The fourth-order valence-electron chi connectivity index (χ4n) is 5.53. The average molecular weight is 434 g/mol. The maximum atomic E-state index is 13.9. The molecule has 5 rings (SSSR count). The van der Waals surface area contributed by atoms with Crippen LogP contribution in [-0.2, 0) is 26.2 Å². The number of rotatable bonds is 2. The van der Waals surface area contributed by atoms with Gasteiger partial charge in [0.15, 0.2) is 11.5 Å². The first-order chi connectivity index (χ1) is 13.0. The van der Waals surface area contributed by atoms with E-state index in [1.54, 1.807) is 12.0 Å². The molecule has 4 aliphatic rings. The first kappa shape index (κ1) is 17.6. The molecule has 2 aliphatic heterocycles. The molecular weight excluding hydrogens is 410 g/mol. The van der Waals surface area contributed by atoms with Crippen LogP contribution >= 0.6 is 15.9 Å². The Hall–Kier alpha value is -1.44. The van der Waals surface area contributed by atoms with E-state index in [1.165, 1.54) is 5.56 Å². The molecule has 1 unspecified atom stereocenters. The van der Waals surface area contributed by atoms with Crippen LogP contribution in [-0.4, -0.2) is 49.2 Å². The average Bonchev–Trinajstić information content (AvgIpc) is 3.03. The highest BCUT2D eigenvalue weighted by molar-refractivity contribution is 9.10. The van der Waals surface area contributed by atoms with Gasteiger partial charge in [0.25, 0.3) is 5.91 Å². The number of nitrogens with zero attached hydrogens (tertiary/aromatic N) is 2. The van der Waals surface area contributed by atoms with Gasteiger partial charge in [-0.05, 0) is 55.4 Å². The zero-order valence-corrected chi connectivity index (χ0v) is 17.0. The number of halogens is 1. The Balaban J connectivity index is 1.65. The zero-order chi connectivity index (χ0) is 18.8. The summed E-state index contributed by atoms with van der Waals surface area (Å²) in [7, 11) is 1.77. The molecule has 144 valence electrons. The number of hydrogen-bond donors (Lipinski definition) is 1. The third-order valence-corrected chi connectivity index (χ3v) is 7.52. The summed E-state index contributed by atoms with van der Waals surface area (Å²) < 4.78 is 11.9. The normalized spacial score (nSPS) is 35.6. The summed E-state index contributed by atoms with van der Waals surface area (Å²) in [6, 6.07) is 6.26. The number of carbonyl (C=O) groups excluding carboxylic acids is 1. The lowest BCUT2D eigenvalue weighted by atomic mass is 9.61. The van der Waals surface area contributed by atoms with Crippen LogP contribution in [0.2, 0.25) is 0 Å². The highest BCUT2D eigenvalue weighted by Crippen LogP contribution is 2.62. The Labute approximate surface area is 167 Å². The van der Waals surface area contributed by atoms with Crippen molar-refractivity contribution in [2.24, 2.45) is 16.1 Å². The summed E-state index contributed by atoms with van der Waals surface area (Å²) in [5, 5.41) is 0. The lowest BCUT2D eigenvalue weighted by molar-refractivity contribution is -0.146. The molecule has 1 amide bonds. The van der Waals surface area contributed by atoms with Crippen LogP contribution in [0.5, 0.6) is 0 Å². The summed E-state index contributed by atoms with van der Waals surface area (Å²) in [6.45, 7) is 1.06. The Morgan fingerprint density at radius 3 is 2.70 bits per heavy atom. The molecule has 27 heavy (non-hydrogen) atoms. The van der Waals surface area contributed by atoms with Crippen molar-refractivity contribution in [1.82, 2.24) is 4.90 Å². The second-order valence-corrected chi connectivity index (χ2v) is 9.16. The molecule has 1 saturated carbocycles. The van der Waals surface area contributed by atoms with Crippen LogP contribution in [0.1, 0.15) is 36.8 Å². The summed E-state index contributed by atoms with van der Waals surface area (Å²) in [5.41, 5.74) is 7.42. The van der Waals surface area contributed by atoms with Crippen molar-refractivity contribution < 1.29 is 14.3 Å². The molecular formula is C20H24BrN3O3. The van der Waals surface area contributed by atoms with Gasteiger partial charge in [-0.25, -0.2) is 4.99 Å². The maximum Gasteiger partial charge on any atom is 0.262 e. The third-order valence-electron chi connectivity index (χ3n) is 7.02. The molecule has 1 aromatic rings. The van der Waals surface area contributed by atoms with Crippen molar-refractivity contribution in [3.63, 3.8) is 0 Å². The van der Waals surface area contributed by atoms with Crippen molar-refractivity contribution in [3.8, 4) is 0 Å². The molecule has 6 nitrogen and oxygen atoms in total. The minimum atomic E-state index is -0.912. The molecule has 0 aromatic heterocycles. The molecule has 0 radical (unpaired) electrons. The number of fused-ring (bicyclic) bond motifs is 3. The summed E-state index contributed by atoms with van der Waals surface area (Å²) in [4.78, 5) is 20.5. The molecule has 2 aliphatic carbocycles. The van der Waals surface area contributed by atoms with E-state index < -0.39 is 5.54 Å². The molecule has 0 bridgehead atoms. The molecule has 1 aromatic carbocycles. The van der Waals surface area contributed by atoms with Crippen LogP contribution in [0.3, 0.4) is 0 Å². The second-order valence-electron chi connectivity index (χ2n) is 8.24. The molecule has 2 heterocycles. The maximum absolute atomic E-state index is 13.9. The number of carbonyl (C=O) groups is 1. The van der Waals surface area contributed by atoms with Crippen molar-refractivity contribution in [1.29, 1.82) is 0 Å². The van der Waals surface area contributed by atoms with E-state index in [-0.39, 0.29) is 23.5 Å². The zero-order valence-electron chi connectivity index (χ0n) is 15.4. The van der Waals surface area contributed by atoms with Gasteiger partial charge in [0, 0.05) is 17.0 Å². The number of aliphatic imine (C=N–C) groups is 1. The fourth-order valence-corrected chi connectivity index (χ4v) is 5.89. The highest BCUT2D eigenvalue weighted by atomic mass is 79.9. The standard InChI is InChI=1S/C20H24BrN3O3/c1-26-15-4-6-19(7-5-15)9-12-2-3-13(21)8-16(12)20(19)17(25)24(18(22)23-20)14-10-27-11-14/h2-3,8,14-15H,4-7,9-11H2,1H3,(H2,22,23). The number of methoxy groups -OCH3 is 1. The third kappa shape index (κ3) is 2.25. The van der Waals surface area contributed by atoms with Crippen molar-refractivity contribution in [2.75, 3.05) is 20.3 Å². The molecule has 2 spiro atoms. The van der Waals surface area contributed by atoms with Crippen LogP contribution < -0.4 is 5.73 Å². The van der Waals surface area contributed by atoms with E-state index in [0.717, 1.165) is 42.1 Å². The number of amides is 1. The second kappa shape index (κ2) is 6.03. The van der Waals surface area contributed by atoms with Gasteiger partial charge < -0.3 is 15.2 Å². The fraction of sp³-hybridized carbons (Fsp3) is 0.600. The molecule has 1 saturated heterocycles. The monoisotopic (exact) mass is 433 g/mol. The van der Waals surface area contributed by atoms with Gasteiger partial charge in [-0.3, -0.25) is 9.69 Å². The molecule has 2 N–H and O–H groups in total. The van der Waals surface area contributed by atoms with E-state index in [1.807, 2.05) is 0 Å².